The number of carboxylic acids is 2. The van der Waals surface area contributed by atoms with E-state index >= 15 is 0 Å². The van der Waals surface area contributed by atoms with Gasteiger partial charge in [0.1, 0.15) is 0 Å². The van der Waals surface area contributed by atoms with Gasteiger partial charge in [0.15, 0.2) is 0 Å². The van der Waals surface area contributed by atoms with Crippen molar-refractivity contribution < 1.29 is 46.1 Å². The molecule has 12 heteroatoms. The molecule has 132 valence electrons. The molecule has 0 saturated carbocycles. The zero-order valence-electron chi connectivity index (χ0n) is 11.4. The average molecular weight is 342 g/mol. The van der Waals surface area contributed by atoms with Gasteiger partial charge in [0, 0.05) is 12.6 Å². The molecule has 6 nitrogen and oxygen atoms in total. The number of hydrogen-bond donors (Lipinski definition) is 3. The van der Waals surface area contributed by atoms with Crippen LogP contribution in [0, 0.1) is 0 Å². The third-order valence-corrected chi connectivity index (χ3v) is 2.24. The predicted molar refractivity (Wildman–Crippen MR) is 62.1 cm³/mol. The van der Waals surface area contributed by atoms with Gasteiger partial charge in [0.25, 0.3) is 0 Å². The van der Waals surface area contributed by atoms with Crippen molar-refractivity contribution in [3.05, 3.63) is 0 Å². The van der Waals surface area contributed by atoms with Gasteiger partial charge in [0.05, 0.1) is 0 Å². The minimum absolute atomic E-state index is 0.454. The van der Waals surface area contributed by atoms with Crippen molar-refractivity contribution in [2.45, 2.75) is 31.7 Å². The molecule has 1 saturated heterocycles. The highest BCUT2D eigenvalue weighted by molar-refractivity contribution is 5.73. The van der Waals surface area contributed by atoms with E-state index in [2.05, 4.69) is 11.8 Å². The van der Waals surface area contributed by atoms with E-state index in [1.165, 1.54) is 13.0 Å². The maximum Gasteiger partial charge on any atom is 0.490 e. The van der Waals surface area contributed by atoms with Crippen LogP contribution in [0.25, 0.3) is 0 Å². The zero-order chi connectivity index (χ0) is 18.1. The van der Waals surface area contributed by atoms with Crippen LogP contribution in [0.5, 0.6) is 0 Å². The Balaban J connectivity index is 0. The lowest BCUT2D eigenvalue weighted by molar-refractivity contribution is -0.193. The van der Waals surface area contributed by atoms with Gasteiger partial charge < -0.3 is 20.8 Å². The molecule has 0 spiro atoms. The van der Waals surface area contributed by atoms with Crippen LogP contribution in [0.4, 0.5) is 26.3 Å². The van der Waals surface area contributed by atoms with Crippen molar-refractivity contribution in [2.75, 3.05) is 19.6 Å². The second-order valence-electron chi connectivity index (χ2n) is 4.05. The molecule has 0 aromatic heterocycles. The quantitative estimate of drug-likeness (QED) is 0.621. The SMILES string of the molecule is CCN1CC[C@H](N)C1.O=C(O)C(F)(F)F.O=C(O)C(F)(F)F. The Labute approximate surface area is 121 Å². The Morgan fingerprint density at radius 2 is 1.41 bits per heavy atom. The molecule has 0 unspecified atom stereocenters. The highest BCUT2D eigenvalue weighted by Crippen LogP contribution is 2.13. The van der Waals surface area contributed by atoms with E-state index in [1.54, 1.807) is 0 Å². The Hall–Kier alpha value is -1.56. The van der Waals surface area contributed by atoms with E-state index in [0.29, 0.717) is 6.04 Å². The topological polar surface area (TPSA) is 104 Å². The molecule has 1 fully saturated rings. The summed E-state index contributed by atoms with van der Waals surface area (Å²) in [6, 6.07) is 0.454. The maximum absolute atomic E-state index is 10.6. The fraction of sp³-hybridized carbons (Fsp3) is 0.800. The number of carbonyl (C=O) groups is 2. The standard InChI is InChI=1S/C6H14N2.2C2HF3O2/c1-2-8-4-3-6(7)5-8;2*3-2(4,5)1(6)7/h6H,2-5,7H2,1H3;2*(H,6,7)/t6-;;/m0../s1. The predicted octanol–water partition coefficient (Wildman–Crippen LogP) is 1.31. The minimum atomic E-state index is -5.08. The van der Waals surface area contributed by atoms with E-state index < -0.39 is 24.3 Å². The fourth-order valence-electron chi connectivity index (χ4n) is 1.15. The summed E-state index contributed by atoms with van der Waals surface area (Å²) in [5.41, 5.74) is 5.66. The van der Waals surface area contributed by atoms with Gasteiger partial charge in [-0.15, -0.1) is 0 Å². The average Bonchev–Trinajstić information content (AvgIpc) is 2.74. The lowest BCUT2D eigenvalue weighted by Gasteiger charge is -2.09. The normalized spacial score (nSPS) is 18.6. The van der Waals surface area contributed by atoms with Gasteiger partial charge in [-0.3, -0.25) is 0 Å². The summed E-state index contributed by atoms with van der Waals surface area (Å²) in [6.45, 7) is 5.65. The van der Waals surface area contributed by atoms with Crippen LogP contribution in [-0.4, -0.2) is 65.1 Å². The third kappa shape index (κ3) is 12.2. The Bertz CT molecular complexity index is 334. The second kappa shape index (κ2) is 9.46. The van der Waals surface area contributed by atoms with Crippen LogP contribution in [-0.2, 0) is 9.59 Å². The summed E-state index contributed by atoms with van der Waals surface area (Å²) in [7, 11) is 0. The first-order valence-electron chi connectivity index (χ1n) is 5.79. The van der Waals surface area contributed by atoms with Crippen LogP contribution in [0.2, 0.25) is 0 Å². The molecule has 1 atom stereocenters. The van der Waals surface area contributed by atoms with Gasteiger partial charge >= 0.3 is 24.3 Å². The van der Waals surface area contributed by atoms with Crippen molar-refractivity contribution in [1.82, 2.24) is 4.90 Å². The first kappa shape index (κ1) is 22.7. The number of likely N-dealkylation sites (tertiary alicyclic amines) is 1. The first-order chi connectivity index (χ1) is 9.71. The molecular formula is C10H16F6N2O4. The van der Waals surface area contributed by atoms with E-state index in [9.17, 15) is 26.3 Å². The van der Waals surface area contributed by atoms with E-state index in [4.69, 9.17) is 25.5 Å². The van der Waals surface area contributed by atoms with E-state index in [0.717, 1.165) is 13.1 Å². The van der Waals surface area contributed by atoms with Crippen molar-refractivity contribution in [3.8, 4) is 0 Å². The number of likely N-dealkylation sites (N-methyl/N-ethyl adjacent to an activating group) is 1. The minimum Gasteiger partial charge on any atom is -0.475 e. The first-order valence-corrected chi connectivity index (χ1v) is 5.79. The molecule has 0 aromatic carbocycles. The monoisotopic (exact) mass is 342 g/mol. The summed E-state index contributed by atoms with van der Waals surface area (Å²) in [5, 5.41) is 14.2. The number of halogens is 6. The number of hydrogen-bond acceptors (Lipinski definition) is 4. The van der Waals surface area contributed by atoms with E-state index in [1.807, 2.05) is 0 Å². The molecule has 1 aliphatic heterocycles. The highest BCUT2D eigenvalue weighted by Gasteiger charge is 2.38. The summed E-state index contributed by atoms with van der Waals surface area (Å²) >= 11 is 0. The zero-order valence-corrected chi connectivity index (χ0v) is 11.4. The number of rotatable bonds is 1. The van der Waals surface area contributed by atoms with Gasteiger partial charge in [-0.25, -0.2) is 9.59 Å². The molecule has 0 bridgehead atoms. The largest absolute Gasteiger partial charge is 0.490 e. The Morgan fingerprint density at radius 1 is 1.09 bits per heavy atom. The van der Waals surface area contributed by atoms with Crippen LogP contribution >= 0.6 is 0 Å². The number of nitrogens with two attached hydrogens (primary N) is 1. The summed E-state index contributed by atoms with van der Waals surface area (Å²) in [4.78, 5) is 20.2. The summed E-state index contributed by atoms with van der Waals surface area (Å²) < 4.78 is 63.5. The van der Waals surface area contributed by atoms with Gasteiger partial charge in [-0.05, 0) is 19.5 Å². The van der Waals surface area contributed by atoms with Crippen LogP contribution < -0.4 is 5.73 Å². The fourth-order valence-corrected chi connectivity index (χ4v) is 1.15. The summed E-state index contributed by atoms with van der Waals surface area (Å²) in [6.07, 6.45) is -8.98. The van der Waals surface area contributed by atoms with Crippen LogP contribution in [0.1, 0.15) is 13.3 Å². The molecule has 0 amide bonds. The molecular weight excluding hydrogens is 326 g/mol. The Kier molecular flexibility index (Phi) is 9.76. The second-order valence-corrected chi connectivity index (χ2v) is 4.05. The third-order valence-electron chi connectivity index (χ3n) is 2.24. The molecule has 0 radical (unpaired) electrons. The molecule has 1 aliphatic rings. The van der Waals surface area contributed by atoms with Gasteiger partial charge in [0.2, 0.25) is 0 Å². The Morgan fingerprint density at radius 3 is 1.50 bits per heavy atom. The van der Waals surface area contributed by atoms with Crippen molar-refractivity contribution in [2.24, 2.45) is 5.73 Å². The number of nitrogens with zero attached hydrogens (tertiary/aromatic N) is 1. The van der Waals surface area contributed by atoms with Crippen molar-refractivity contribution >= 4 is 11.9 Å². The smallest absolute Gasteiger partial charge is 0.475 e. The molecule has 0 aromatic rings. The van der Waals surface area contributed by atoms with Gasteiger partial charge in [-0.2, -0.15) is 26.3 Å². The molecule has 0 aliphatic carbocycles. The number of carboxylic acid groups (broad SMARTS) is 2. The van der Waals surface area contributed by atoms with Gasteiger partial charge in [-0.1, -0.05) is 6.92 Å². The number of alkyl halides is 6. The lowest BCUT2D eigenvalue weighted by Crippen LogP contribution is -2.26. The van der Waals surface area contributed by atoms with E-state index in [-0.39, 0.29) is 0 Å². The molecule has 22 heavy (non-hydrogen) atoms. The molecule has 1 heterocycles. The lowest BCUT2D eigenvalue weighted by atomic mass is 10.3. The molecule has 4 N–H and O–H groups in total. The van der Waals surface area contributed by atoms with Crippen LogP contribution in [0.15, 0.2) is 0 Å². The van der Waals surface area contributed by atoms with Crippen molar-refractivity contribution in [1.29, 1.82) is 0 Å². The van der Waals surface area contributed by atoms with Crippen LogP contribution in [0.3, 0.4) is 0 Å². The molecule has 1 rings (SSSR count). The summed E-state index contributed by atoms with van der Waals surface area (Å²) in [5.74, 6) is -5.51. The maximum atomic E-state index is 10.6. The highest BCUT2D eigenvalue weighted by atomic mass is 19.4. The van der Waals surface area contributed by atoms with Crippen molar-refractivity contribution in [3.63, 3.8) is 0 Å². The number of aliphatic carboxylic acids is 2.